The van der Waals surface area contributed by atoms with Gasteiger partial charge in [0.1, 0.15) is 5.78 Å². The Bertz CT molecular complexity index is 578. The number of aliphatic hydroxyl groups excluding tert-OH is 2. The predicted octanol–water partition coefficient (Wildman–Crippen LogP) is 4.00. The van der Waals surface area contributed by atoms with E-state index in [-0.39, 0.29) is 34.9 Å². The van der Waals surface area contributed by atoms with Crippen LogP contribution in [0.2, 0.25) is 0 Å². The van der Waals surface area contributed by atoms with Crippen LogP contribution in [0.25, 0.3) is 0 Å². The van der Waals surface area contributed by atoms with Crippen molar-refractivity contribution in [3.63, 3.8) is 0 Å². The molecule has 0 saturated heterocycles. The maximum atomic E-state index is 12.3. The van der Waals surface area contributed by atoms with E-state index in [0.717, 1.165) is 44.3 Å². The first-order chi connectivity index (χ1) is 13.2. The highest BCUT2D eigenvalue weighted by atomic mass is 32.2. The average molecular weight is 433 g/mol. The number of aliphatic hydroxyl groups is 2. The molecule has 0 aromatic carbocycles. The largest absolute Gasteiger partial charge is 0.392 e. The Labute approximate surface area is 173 Å². The Morgan fingerprint density at radius 2 is 2.04 bits per heavy atom. The van der Waals surface area contributed by atoms with Crippen molar-refractivity contribution >= 4 is 24.9 Å². The molecule has 2 saturated carbocycles. The second-order valence-corrected chi connectivity index (χ2v) is 12.5. The molecule has 0 spiro atoms. The SMILES string of the molecule is CCC1(C(O)CC=C[C@H]2[C@H](O)CC(=O)[C@@H]2SCCCCCP(C)(=O)O)CCC1. The summed E-state index contributed by atoms with van der Waals surface area (Å²) in [4.78, 5) is 21.6. The van der Waals surface area contributed by atoms with Gasteiger partial charge >= 0.3 is 0 Å². The van der Waals surface area contributed by atoms with Crippen LogP contribution in [0.4, 0.5) is 0 Å². The summed E-state index contributed by atoms with van der Waals surface area (Å²) in [6.07, 6.45) is 10.9. The molecule has 2 rings (SSSR count). The summed E-state index contributed by atoms with van der Waals surface area (Å²) in [5.41, 5.74) is 0.0691. The van der Waals surface area contributed by atoms with Gasteiger partial charge in [-0.1, -0.05) is 31.9 Å². The van der Waals surface area contributed by atoms with Crippen molar-refractivity contribution in [3.05, 3.63) is 12.2 Å². The van der Waals surface area contributed by atoms with Crippen LogP contribution >= 0.6 is 19.1 Å². The number of thioether (sulfide) groups is 1. The molecule has 2 aliphatic carbocycles. The molecule has 0 aromatic heterocycles. The van der Waals surface area contributed by atoms with Gasteiger partial charge in [0.2, 0.25) is 0 Å². The molecular formula is C21H37O5PS. The first kappa shape index (κ1) is 24.1. The monoisotopic (exact) mass is 432 g/mol. The van der Waals surface area contributed by atoms with Gasteiger partial charge in [-0.2, -0.15) is 0 Å². The van der Waals surface area contributed by atoms with Crippen LogP contribution in [-0.4, -0.2) is 56.9 Å². The fourth-order valence-electron chi connectivity index (χ4n) is 4.37. The van der Waals surface area contributed by atoms with Crippen molar-refractivity contribution in [2.75, 3.05) is 18.6 Å². The van der Waals surface area contributed by atoms with Crippen LogP contribution in [-0.2, 0) is 9.36 Å². The van der Waals surface area contributed by atoms with Gasteiger partial charge in [-0.15, -0.1) is 11.8 Å². The second kappa shape index (κ2) is 10.8. The molecule has 0 bridgehead atoms. The highest BCUT2D eigenvalue weighted by Gasteiger charge is 2.42. The topological polar surface area (TPSA) is 94.8 Å². The molecule has 0 aliphatic heterocycles. The Balaban J connectivity index is 1.77. The fraction of sp³-hybridized carbons (Fsp3) is 0.857. The zero-order valence-corrected chi connectivity index (χ0v) is 19.0. The van der Waals surface area contributed by atoms with Crippen LogP contribution in [0, 0.1) is 11.3 Å². The second-order valence-electron chi connectivity index (χ2n) is 8.69. The number of hydrogen-bond donors (Lipinski definition) is 3. The molecule has 0 aromatic rings. The third-order valence-electron chi connectivity index (χ3n) is 6.51. The van der Waals surface area contributed by atoms with E-state index >= 15 is 0 Å². The molecule has 2 fully saturated rings. The van der Waals surface area contributed by atoms with Gasteiger partial charge in [-0.25, -0.2) is 0 Å². The number of hydrogen-bond acceptors (Lipinski definition) is 5. The van der Waals surface area contributed by atoms with Gasteiger partial charge in [-0.3, -0.25) is 9.36 Å². The molecule has 5 nitrogen and oxygen atoms in total. The minimum absolute atomic E-state index is 0.0691. The Morgan fingerprint density at radius 1 is 1.32 bits per heavy atom. The summed E-state index contributed by atoms with van der Waals surface area (Å²) in [6, 6.07) is 0. The molecule has 7 heteroatoms. The Kier molecular flexibility index (Phi) is 9.28. The summed E-state index contributed by atoms with van der Waals surface area (Å²) in [6.45, 7) is 3.53. The van der Waals surface area contributed by atoms with Crippen molar-refractivity contribution in [2.45, 2.75) is 82.2 Å². The first-order valence-electron chi connectivity index (χ1n) is 10.6. The molecular weight excluding hydrogens is 395 g/mol. The van der Waals surface area contributed by atoms with E-state index in [1.54, 1.807) is 11.8 Å². The highest BCUT2D eigenvalue weighted by molar-refractivity contribution is 8.00. The third kappa shape index (κ3) is 6.70. The number of Topliss-reactive ketones (excluding diaryl/α,β-unsaturated/α-hetero) is 1. The zero-order valence-electron chi connectivity index (χ0n) is 17.3. The Morgan fingerprint density at radius 3 is 2.61 bits per heavy atom. The van der Waals surface area contributed by atoms with Gasteiger partial charge in [0.15, 0.2) is 7.37 Å². The summed E-state index contributed by atoms with van der Waals surface area (Å²) < 4.78 is 11.3. The van der Waals surface area contributed by atoms with Crippen molar-refractivity contribution < 1.29 is 24.5 Å². The smallest absolute Gasteiger partial charge is 0.197 e. The van der Waals surface area contributed by atoms with Crippen LogP contribution in [0.15, 0.2) is 12.2 Å². The molecule has 0 amide bonds. The fourth-order valence-corrected chi connectivity index (χ4v) is 6.58. The van der Waals surface area contributed by atoms with E-state index in [2.05, 4.69) is 6.92 Å². The molecule has 2 unspecified atom stereocenters. The van der Waals surface area contributed by atoms with Crippen molar-refractivity contribution in [1.29, 1.82) is 0 Å². The lowest BCUT2D eigenvalue weighted by Gasteiger charge is -2.45. The highest BCUT2D eigenvalue weighted by Crippen LogP contribution is 2.47. The van der Waals surface area contributed by atoms with E-state index in [1.807, 2.05) is 12.2 Å². The standard InChI is InChI=1S/C21H37O5PS/c1-3-21(11-8-12-21)19(24)10-7-9-16-17(22)15-18(23)20(16)28-14-6-4-5-13-27(2,25)26/h7,9,16-17,19-20,22,24H,3-6,8,10-15H2,1-2H3,(H,25,26)/t16-,17+,19?,20+/m0/s1. The molecule has 2 aliphatic rings. The lowest BCUT2D eigenvalue weighted by molar-refractivity contribution is -0.117. The molecule has 162 valence electrons. The number of carbonyl (C=O) groups is 1. The summed E-state index contributed by atoms with van der Waals surface area (Å²) in [5, 5.41) is 20.6. The first-order valence-corrected chi connectivity index (χ1v) is 14.0. The molecule has 28 heavy (non-hydrogen) atoms. The van der Waals surface area contributed by atoms with Crippen LogP contribution in [0.1, 0.15) is 64.7 Å². The lowest BCUT2D eigenvalue weighted by atomic mass is 9.63. The number of rotatable bonds is 12. The van der Waals surface area contributed by atoms with Crippen LogP contribution in [0.5, 0.6) is 0 Å². The number of unbranched alkanes of at least 4 members (excludes halogenated alkanes) is 2. The van der Waals surface area contributed by atoms with E-state index in [1.165, 1.54) is 13.1 Å². The Hall–Kier alpha value is -0.130. The van der Waals surface area contributed by atoms with Gasteiger partial charge in [0.25, 0.3) is 0 Å². The number of ketones is 1. The van der Waals surface area contributed by atoms with Crippen LogP contribution in [0.3, 0.4) is 0 Å². The maximum Gasteiger partial charge on any atom is 0.197 e. The minimum atomic E-state index is -2.92. The lowest BCUT2D eigenvalue weighted by Crippen LogP contribution is -2.40. The predicted molar refractivity (Wildman–Crippen MR) is 116 cm³/mol. The van der Waals surface area contributed by atoms with Crippen molar-refractivity contribution in [3.8, 4) is 0 Å². The molecule has 0 heterocycles. The summed E-state index contributed by atoms with van der Waals surface area (Å²) >= 11 is 1.59. The van der Waals surface area contributed by atoms with Gasteiger partial charge in [0.05, 0.1) is 17.5 Å². The maximum absolute atomic E-state index is 12.3. The molecule has 0 radical (unpaired) electrons. The van der Waals surface area contributed by atoms with Gasteiger partial charge in [0, 0.05) is 25.2 Å². The quantitative estimate of drug-likeness (QED) is 0.245. The van der Waals surface area contributed by atoms with Crippen molar-refractivity contribution in [2.24, 2.45) is 11.3 Å². The van der Waals surface area contributed by atoms with Gasteiger partial charge in [-0.05, 0) is 49.7 Å². The van der Waals surface area contributed by atoms with E-state index in [9.17, 15) is 24.5 Å². The molecule has 3 N–H and O–H groups in total. The number of carbonyl (C=O) groups excluding carboxylic acids is 1. The zero-order chi connectivity index (χ0) is 20.8. The third-order valence-corrected chi connectivity index (χ3v) is 9.12. The van der Waals surface area contributed by atoms with E-state index in [0.29, 0.717) is 12.6 Å². The van der Waals surface area contributed by atoms with Gasteiger partial charge < -0.3 is 15.1 Å². The van der Waals surface area contributed by atoms with E-state index < -0.39 is 13.5 Å². The minimum Gasteiger partial charge on any atom is -0.392 e. The normalized spacial score (nSPS) is 30.3. The van der Waals surface area contributed by atoms with E-state index in [4.69, 9.17) is 0 Å². The van der Waals surface area contributed by atoms with Crippen LogP contribution < -0.4 is 0 Å². The molecule has 5 atom stereocenters. The van der Waals surface area contributed by atoms with Crippen molar-refractivity contribution in [1.82, 2.24) is 0 Å². The summed E-state index contributed by atoms with van der Waals surface area (Å²) in [7, 11) is -2.92. The summed E-state index contributed by atoms with van der Waals surface area (Å²) in [5.74, 6) is 0.733. The average Bonchev–Trinajstić information content (AvgIpc) is 2.83.